The van der Waals surface area contributed by atoms with Gasteiger partial charge in [0.05, 0.1) is 10.9 Å². The van der Waals surface area contributed by atoms with Crippen molar-refractivity contribution < 1.29 is 9.53 Å². The third kappa shape index (κ3) is 3.54. The molecule has 5 nitrogen and oxygen atoms in total. The molecule has 2 aliphatic heterocycles. The van der Waals surface area contributed by atoms with Crippen LogP contribution in [-0.2, 0) is 4.74 Å². The monoisotopic (exact) mass is 283 g/mol. The van der Waals surface area contributed by atoms with Crippen molar-refractivity contribution in [1.29, 1.82) is 5.26 Å². The van der Waals surface area contributed by atoms with Crippen LogP contribution in [0.15, 0.2) is 0 Å². The van der Waals surface area contributed by atoms with Gasteiger partial charge in [0.25, 0.3) is 0 Å². The Bertz CT molecular complexity index is 392. The van der Waals surface area contributed by atoms with Gasteiger partial charge in [0.1, 0.15) is 11.6 Å². The fourth-order valence-corrected chi connectivity index (χ4v) is 3.72. The van der Waals surface area contributed by atoms with Gasteiger partial charge in [-0.05, 0) is 33.6 Å². The van der Waals surface area contributed by atoms with Crippen molar-refractivity contribution in [2.24, 2.45) is 0 Å². The maximum absolute atomic E-state index is 12.0. The first-order valence-corrected chi connectivity index (χ1v) is 7.61. The fraction of sp³-hybridized carbons (Fsp3) is 0.846. The summed E-state index contributed by atoms with van der Waals surface area (Å²) in [7, 11) is 0. The van der Waals surface area contributed by atoms with E-state index in [-0.39, 0.29) is 17.0 Å². The second-order valence-electron chi connectivity index (χ2n) is 6.10. The van der Waals surface area contributed by atoms with Gasteiger partial charge in [-0.2, -0.15) is 5.26 Å². The first kappa shape index (κ1) is 14.5. The minimum Gasteiger partial charge on any atom is -0.444 e. The quantitative estimate of drug-likeness (QED) is 0.736. The second kappa shape index (κ2) is 5.22. The molecule has 0 saturated carbocycles. The number of ether oxygens (including phenoxy) is 1. The van der Waals surface area contributed by atoms with Crippen LogP contribution in [0.3, 0.4) is 0 Å². The summed E-state index contributed by atoms with van der Waals surface area (Å²) in [4.78, 5) is 13.7. The largest absolute Gasteiger partial charge is 0.444 e. The Labute approximate surface area is 118 Å². The molecule has 0 aromatic heterocycles. The maximum Gasteiger partial charge on any atom is 0.410 e. The number of carbonyl (C=O) groups excluding carboxylic acids is 1. The van der Waals surface area contributed by atoms with Crippen LogP contribution in [0.5, 0.6) is 0 Å². The summed E-state index contributed by atoms with van der Waals surface area (Å²) in [5.41, 5.74) is -0.446. The van der Waals surface area contributed by atoms with E-state index in [1.165, 1.54) is 0 Å². The molecule has 2 heterocycles. The molecule has 6 heteroatoms. The van der Waals surface area contributed by atoms with Crippen LogP contribution in [0.4, 0.5) is 4.79 Å². The Balaban J connectivity index is 1.86. The molecule has 1 atom stereocenters. The molecule has 1 N–H and O–H groups in total. The number of likely N-dealkylation sites (tertiary alicyclic amines) is 1. The summed E-state index contributed by atoms with van der Waals surface area (Å²) < 4.78 is 5.38. The van der Waals surface area contributed by atoms with Gasteiger partial charge in [0.2, 0.25) is 0 Å². The molecule has 0 aliphatic carbocycles. The molecule has 2 saturated heterocycles. The molecule has 2 fully saturated rings. The highest BCUT2D eigenvalue weighted by Crippen LogP contribution is 2.39. The van der Waals surface area contributed by atoms with E-state index >= 15 is 0 Å². The molecule has 1 amide bonds. The molecule has 2 aliphatic rings. The van der Waals surface area contributed by atoms with Crippen LogP contribution >= 0.6 is 11.8 Å². The Morgan fingerprint density at radius 3 is 2.58 bits per heavy atom. The zero-order valence-corrected chi connectivity index (χ0v) is 12.5. The molecule has 0 aromatic carbocycles. The fourth-order valence-electron chi connectivity index (χ4n) is 2.38. The number of nitriles is 1. The van der Waals surface area contributed by atoms with Gasteiger partial charge in [-0.15, -0.1) is 11.8 Å². The maximum atomic E-state index is 12.0. The van der Waals surface area contributed by atoms with Crippen molar-refractivity contribution in [3.8, 4) is 6.07 Å². The Kier molecular flexibility index (Phi) is 3.98. The minimum absolute atomic E-state index is 0.0150. The molecule has 0 aromatic rings. The van der Waals surface area contributed by atoms with Gasteiger partial charge in [-0.25, -0.2) is 4.79 Å². The normalized spacial score (nSPS) is 26.2. The molecule has 2 rings (SSSR count). The van der Waals surface area contributed by atoms with Crippen LogP contribution in [0.2, 0.25) is 0 Å². The van der Waals surface area contributed by atoms with Crippen molar-refractivity contribution in [3.63, 3.8) is 0 Å². The third-order valence-electron chi connectivity index (χ3n) is 3.34. The number of carbonyl (C=O) groups is 1. The Morgan fingerprint density at radius 1 is 1.47 bits per heavy atom. The molecule has 0 radical (unpaired) electrons. The molecule has 0 unspecified atom stereocenters. The lowest BCUT2D eigenvalue weighted by Crippen LogP contribution is -2.52. The SMILES string of the molecule is CC(C)(C)OC(=O)N1CCC2(CC1)N[C@H](C#N)CS2. The number of piperidine rings is 1. The highest BCUT2D eigenvalue weighted by Gasteiger charge is 2.43. The van der Waals surface area contributed by atoms with Crippen LogP contribution < -0.4 is 5.32 Å². The van der Waals surface area contributed by atoms with Crippen molar-refractivity contribution in [1.82, 2.24) is 10.2 Å². The summed E-state index contributed by atoms with van der Waals surface area (Å²) >= 11 is 1.81. The van der Waals surface area contributed by atoms with Gasteiger partial charge in [0, 0.05) is 18.8 Å². The van der Waals surface area contributed by atoms with Crippen molar-refractivity contribution >= 4 is 17.9 Å². The molecule has 106 valence electrons. The average Bonchev–Trinajstić information content (AvgIpc) is 2.71. The van der Waals surface area contributed by atoms with Crippen molar-refractivity contribution in [2.45, 2.75) is 50.1 Å². The summed E-state index contributed by atoms with van der Waals surface area (Å²) in [6.07, 6.45) is 1.51. The van der Waals surface area contributed by atoms with Crippen molar-refractivity contribution in [3.05, 3.63) is 0 Å². The first-order chi connectivity index (χ1) is 8.84. The summed E-state index contributed by atoms with van der Waals surface area (Å²) in [6, 6.07) is 2.21. The standard InChI is InChI=1S/C13H21N3O2S/c1-12(2,3)18-11(17)16-6-4-13(5-7-16)15-10(8-14)9-19-13/h10,15H,4-7,9H2,1-3H3/t10-/m1/s1. The number of thioether (sulfide) groups is 1. The number of amides is 1. The predicted molar refractivity (Wildman–Crippen MR) is 74.8 cm³/mol. The van der Waals surface area contributed by atoms with Gasteiger partial charge in [-0.3, -0.25) is 5.32 Å². The molecule has 19 heavy (non-hydrogen) atoms. The number of rotatable bonds is 0. The first-order valence-electron chi connectivity index (χ1n) is 6.63. The highest BCUT2D eigenvalue weighted by molar-refractivity contribution is 8.00. The lowest BCUT2D eigenvalue weighted by molar-refractivity contribution is 0.0189. The summed E-state index contributed by atoms with van der Waals surface area (Å²) in [5.74, 6) is 0.836. The Morgan fingerprint density at radius 2 is 2.11 bits per heavy atom. The summed E-state index contributed by atoms with van der Waals surface area (Å²) in [5, 5.41) is 12.3. The van der Waals surface area contributed by atoms with E-state index in [1.807, 2.05) is 32.5 Å². The lowest BCUT2D eigenvalue weighted by atomic mass is 10.0. The van der Waals surface area contributed by atoms with E-state index < -0.39 is 5.60 Å². The van der Waals surface area contributed by atoms with E-state index in [1.54, 1.807) is 4.90 Å². The van der Waals surface area contributed by atoms with Gasteiger partial charge < -0.3 is 9.64 Å². The van der Waals surface area contributed by atoms with Crippen LogP contribution in [0.25, 0.3) is 0 Å². The van der Waals surface area contributed by atoms with Crippen LogP contribution in [0, 0.1) is 11.3 Å². The van der Waals surface area contributed by atoms with Crippen LogP contribution in [0.1, 0.15) is 33.6 Å². The zero-order valence-electron chi connectivity index (χ0n) is 11.7. The van der Waals surface area contributed by atoms with Crippen LogP contribution in [-0.4, -0.2) is 46.3 Å². The predicted octanol–water partition coefficient (Wildman–Crippen LogP) is 1.94. The molecule has 1 spiro atoms. The number of nitrogens with zero attached hydrogens (tertiary/aromatic N) is 2. The number of nitrogens with one attached hydrogen (secondary N) is 1. The zero-order chi connectivity index (χ0) is 14.1. The van der Waals surface area contributed by atoms with E-state index in [0.29, 0.717) is 13.1 Å². The summed E-state index contributed by atoms with van der Waals surface area (Å²) in [6.45, 7) is 7.01. The van der Waals surface area contributed by atoms with E-state index in [0.717, 1.165) is 18.6 Å². The van der Waals surface area contributed by atoms with Gasteiger partial charge in [-0.1, -0.05) is 0 Å². The number of hydrogen-bond donors (Lipinski definition) is 1. The molecular weight excluding hydrogens is 262 g/mol. The second-order valence-corrected chi connectivity index (χ2v) is 7.50. The lowest BCUT2D eigenvalue weighted by Gasteiger charge is -2.39. The van der Waals surface area contributed by atoms with E-state index in [2.05, 4.69) is 11.4 Å². The highest BCUT2D eigenvalue weighted by atomic mass is 32.2. The topological polar surface area (TPSA) is 65.4 Å². The average molecular weight is 283 g/mol. The van der Waals surface area contributed by atoms with E-state index in [9.17, 15) is 4.79 Å². The van der Waals surface area contributed by atoms with E-state index in [4.69, 9.17) is 10.00 Å². The minimum atomic E-state index is -0.446. The van der Waals surface area contributed by atoms with Gasteiger partial charge >= 0.3 is 6.09 Å². The smallest absolute Gasteiger partial charge is 0.410 e. The Hall–Kier alpha value is -0.930. The van der Waals surface area contributed by atoms with Crippen molar-refractivity contribution in [2.75, 3.05) is 18.8 Å². The van der Waals surface area contributed by atoms with Gasteiger partial charge in [0.15, 0.2) is 0 Å². The number of hydrogen-bond acceptors (Lipinski definition) is 5. The molecule has 0 bridgehead atoms. The molecular formula is C13H21N3O2S. The third-order valence-corrected chi connectivity index (χ3v) is 4.92.